The zero-order valence-corrected chi connectivity index (χ0v) is 34.6. The first-order valence-electron chi connectivity index (χ1n) is 21.6. The van der Waals surface area contributed by atoms with Crippen LogP contribution in [0.25, 0.3) is 22.3 Å². The fourth-order valence-electron chi connectivity index (χ4n) is 9.96. The van der Waals surface area contributed by atoms with Gasteiger partial charge in [-0.05, 0) is 94.0 Å². The lowest BCUT2D eigenvalue weighted by molar-refractivity contribution is -0.136. The van der Waals surface area contributed by atoms with Crippen LogP contribution in [-0.4, -0.2) is 130 Å². The zero-order valence-electron chi connectivity index (χ0n) is 33.8. The molecule has 2 aromatic heterocycles. The molecule has 10 rings (SSSR count). The molecule has 6 aliphatic rings. The number of amides is 3. The van der Waals surface area contributed by atoms with Gasteiger partial charge in [-0.1, -0.05) is 11.6 Å². The Bertz CT molecular complexity index is 2250. The minimum Gasteiger partial charge on any atom is -0.488 e. The maximum atomic E-state index is 13.2. The van der Waals surface area contributed by atoms with E-state index in [1.54, 1.807) is 11.2 Å². The summed E-state index contributed by atoms with van der Waals surface area (Å²) in [5.74, 6) is 2.43. The van der Waals surface area contributed by atoms with Crippen LogP contribution in [0.4, 0.5) is 11.5 Å². The molecule has 4 aromatic rings. The van der Waals surface area contributed by atoms with Crippen molar-refractivity contribution in [3.63, 3.8) is 0 Å². The molecule has 0 spiro atoms. The first kappa shape index (κ1) is 38.4. The van der Waals surface area contributed by atoms with Crippen molar-refractivity contribution in [1.82, 2.24) is 40.2 Å². The molecule has 5 fully saturated rings. The van der Waals surface area contributed by atoms with E-state index in [9.17, 15) is 14.4 Å². The minimum absolute atomic E-state index is 0.0387. The van der Waals surface area contributed by atoms with Crippen LogP contribution in [0.5, 0.6) is 5.75 Å². The van der Waals surface area contributed by atoms with E-state index in [1.807, 2.05) is 24.3 Å². The molecule has 3 saturated heterocycles. The number of nitrogens with zero attached hydrogens (tertiary/aromatic N) is 8. The van der Waals surface area contributed by atoms with Gasteiger partial charge in [0.25, 0.3) is 5.91 Å². The smallest absolute Gasteiger partial charge is 0.255 e. The number of halogens is 1. The maximum absolute atomic E-state index is 13.2. The van der Waals surface area contributed by atoms with Gasteiger partial charge in [0.1, 0.15) is 35.2 Å². The number of fused-ring (bicyclic) bond motifs is 2. The number of ether oxygens (including phenoxy) is 1. The number of H-pyrrole nitrogens is 1. The number of hydrogen-bond acceptors (Lipinski definition) is 11. The Morgan fingerprint density at radius 1 is 0.831 bits per heavy atom. The fraction of sp³-hybridized carbons (Fsp3) is 0.545. The molecule has 3 amide bonds. The number of aromatic amines is 1. The quantitative estimate of drug-likeness (QED) is 0.206. The maximum Gasteiger partial charge on any atom is 0.255 e. The summed E-state index contributed by atoms with van der Waals surface area (Å²) < 4.78 is 6.23. The van der Waals surface area contributed by atoms with Crippen molar-refractivity contribution in [2.75, 3.05) is 75.2 Å². The van der Waals surface area contributed by atoms with Crippen molar-refractivity contribution >= 4 is 51.7 Å². The Hall–Kier alpha value is -4.79. The molecule has 2 aliphatic carbocycles. The summed E-state index contributed by atoms with van der Waals surface area (Å²) in [5, 5.41) is 11.8. The van der Waals surface area contributed by atoms with Gasteiger partial charge in [-0.3, -0.25) is 34.6 Å². The van der Waals surface area contributed by atoms with E-state index in [2.05, 4.69) is 64.1 Å². The van der Waals surface area contributed by atoms with Gasteiger partial charge in [0.2, 0.25) is 11.8 Å². The molecule has 310 valence electrons. The van der Waals surface area contributed by atoms with Gasteiger partial charge >= 0.3 is 0 Å². The number of carbonyl (C=O) groups is 3. The highest BCUT2D eigenvalue weighted by Crippen LogP contribution is 2.41. The Balaban J connectivity index is 0.667. The van der Waals surface area contributed by atoms with Crippen LogP contribution in [0, 0.1) is 11.8 Å². The van der Waals surface area contributed by atoms with Crippen molar-refractivity contribution in [2.45, 2.75) is 76.5 Å². The number of rotatable bonds is 10. The number of benzene rings is 2. The number of imide groups is 1. The molecule has 59 heavy (non-hydrogen) atoms. The lowest BCUT2D eigenvalue weighted by Crippen LogP contribution is -2.52. The third-order valence-corrected chi connectivity index (χ3v) is 14.2. The summed E-state index contributed by atoms with van der Waals surface area (Å²) in [5.41, 5.74) is 4.87. The zero-order chi connectivity index (χ0) is 40.3. The van der Waals surface area contributed by atoms with E-state index in [1.165, 1.54) is 32.2 Å². The van der Waals surface area contributed by atoms with Crippen LogP contribution >= 0.6 is 11.6 Å². The highest BCUT2D eigenvalue weighted by molar-refractivity contribution is 6.35. The highest BCUT2D eigenvalue weighted by atomic mass is 35.5. The minimum atomic E-state index is -0.645. The molecule has 4 aliphatic heterocycles. The standard InChI is InChI=1S/C44H53ClN10O4/c1-44(12-13-44)59-30-6-8-34-32(22-30)41(50-49-34)35-23-38(47-27-46-35)54-20-16-52(17-21-54)25-29-4-2-28(3-5-29)24-51-14-18-53(19-15-51)36-9-7-31-33(40(36)45)26-55(43(31)58)37-10-11-39(56)48-42(37)57/h6-9,22-23,27-29,37H,2-5,10-21,24-26H2,1H3,(H,49,50)(H,48,56,57). The molecule has 2 N–H and O–H groups in total. The number of nitrogens with one attached hydrogen (secondary N) is 2. The van der Waals surface area contributed by atoms with E-state index in [0.717, 1.165) is 129 Å². The largest absolute Gasteiger partial charge is 0.488 e. The second kappa shape index (κ2) is 15.7. The predicted octanol–water partition coefficient (Wildman–Crippen LogP) is 5.12. The number of aromatic nitrogens is 4. The molecule has 14 nitrogen and oxygen atoms in total. The summed E-state index contributed by atoms with van der Waals surface area (Å²) >= 11 is 6.98. The molecular weight excluding hydrogens is 768 g/mol. The first-order chi connectivity index (χ1) is 28.7. The van der Waals surface area contributed by atoms with Crippen molar-refractivity contribution in [3.05, 3.63) is 58.9 Å². The van der Waals surface area contributed by atoms with Gasteiger partial charge in [-0.25, -0.2) is 9.97 Å². The highest BCUT2D eigenvalue weighted by Gasteiger charge is 2.41. The van der Waals surface area contributed by atoms with Gasteiger partial charge in [-0.15, -0.1) is 0 Å². The SMILES string of the molecule is CC1(Oc2ccc3[nH]nc(-c4cc(N5CCN(CC6CCC(CN7CCN(c8ccc9c(c8Cl)CN(C8CCC(=O)NC8=O)C9=O)CC7)CC6)CC5)ncn4)c3c2)CC1. The lowest BCUT2D eigenvalue weighted by atomic mass is 9.81. The summed E-state index contributed by atoms with van der Waals surface area (Å²) in [6.45, 7) is 12.5. The lowest BCUT2D eigenvalue weighted by Gasteiger charge is -2.40. The van der Waals surface area contributed by atoms with Crippen LogP contribution in [0.15, 0.2) is 42.7 Å². The third kappa shape index (κ3) is 7.86. The summed E-state index contributed by atoms with van der Waals surface area (Å²) in [7, 11) is 0. The summed E-state index contributed by atoms with van der Waals surface area (Å²) in [4.78, 5) is 58.3. The molecule has 1 unspecified atom stereocenters. The number of carbonyl (C=O) groups excluding carboxylic acids is 3. The van der Waals surface area contributed by atoms with E-state index in [4.69, 9.17) is 16.3 Å². The average Bonchev–Trinajstić information content (AvgIpc) is 3.66. The second-order valence-corrected chi connectivity index (χ2v) is 18.3. The molecule has 2 saturated carbocycles. The molecule has 0 radical (unpaired) electrons. The monoisotopic (exact) mass is 820 g/mol. The van der Waals surface area contributed by atoms with E-state index in [-0.39, 0.29) is 30.4 Å². The number of piperazine rings is 2. The predicted molar refractivity (Wildman–Crippen MR) is 226 cm³/mol. The molecule has 15 heteroatoms. The number of piperidine rings is 1. The van der Waals surface area contributed by atoms with Crippen molar-refractivity contribution < 1.29 is 19.1 Å². The van der Waals surface area contributed by atoms with Crippen molar-refractivity contribution in [2.24, 2.45) is 11.8 Å². The Labute approximate surface area is 349 Å². The van der Waals surface area contributed by atoms with E-state index in [0.29, 0.717) is 17.0 Å². The van der Waals surface area contributed by atoms with E-state index >= 15 is 0 Å². The average molecular weight is 821 g/mol. The Kier molecular flexibility index (Phi) is 10.2. The molecule has 1 atom stereocenters. The normalized spacial score (nSPS) is 25.1. The van der Waals surface area contributed by atoms with Crippen LogP contribution in [-0.2, 0) is 16.1 Å². The molecule has 0 bridgehead atoms. The van der Waals surface area contributed by atoms with Crippen LogP contribution < -0.4 is 19.9 Å². The van der Waals surface area contributed by atoms with E-state index < -0.39 is 11.9 Å². The first-order valence-corrected chi connectivity index (χ1v) is 21.9. The molecular formula is C44H53ClN10O4. The molecule has 2 aromatic carbocycles. The van der Waals surface area contributed by atoms with Crippen molar-refractivity contribution in [3.8, 4) is 17.1 Å². The van der Waals surface area contributed by atoms with Gasteiger partial charge < -0.3 is 19.4 Å². The number of anilines is 2. The van der Waals surface area contributed by atoms with Gasteiger partial charge in [0, 0.05) is 101 Å². The number of hydrogen-bond donors (Lipinski definition) is 2. The van der Waals surface area contributed by atoms with Crippen molar-refractivity contribution in [1.29, 1.82) is 0 Å². The molecule has 6 heterocycles. The Morgan fingerprint density at radius 2 is 1.53 bits per heavy atom. The summed E-state index contributed by atoms with van der Waals surface area (Å²) in [6, 6.07) is 11.4. The third-order valence-electron chi connectivity index (χ3n) is 13.8. The van der Waals surface area contributed by atoms with Crippen LogP contribution in [0.1, 0.15) is 74.2 Å². The van der Waals surface area contributed by atoms with Gasteiger partial charge in [0.05, 0.1) is 21.9 Å². The summed E-state index contributed by atoms with van der Waals surface area (Å²) in [6.07, 6.45) is 9.59. The van der Waals surface area contributed by atoms with Gasteiger partial charge in [0.15, 0.2) is 0 Å². The second-order valence-electron chi connectivity index (χ2n) is 17.9. The van der Waals surface area contributed by atoms with Crippen LogP contribution in [0.3, 0.4) is 0 Å². The fourth-order valence-corrected chi connectivity index (χ4v) is 10.3. The Morgan fingerprint density at radius 3 is 2.20 bits per heavy atom. The topological polar surface area (TPSA) is 143 Å². The van der Waals surface area contributed by atoms with Crippen LogP contribution in [0.2, 0.25) is 5.02 Å². The van der Waals surface area contributed by atoms with Gasteiger partial charge in [-0.2, -0.15) is 5.10 Å².